The third kappa shape index (κ3) is 7.25. The van der Waals surface area contributed by atoms with Gasteiger partial charge < -0.3 is 13.7 Å². The highest BCUT2D eigenvalue weighted by molar-refractivity contribution is 6.11. The first-order valence-electron chi connectivity index (χ1n) is 23.6. The quantitative estimate of drug-likeness (QED) is 0.137. The van der Waals surface area contributed by atoms with Crippen LogP contribution in [-0.4, -0.2) is 13.7 Å². The molecule has 0 unspecified atom stereocenters. The Morgan fingerprint density at radius 3 is 0.623 bits per heavy atom. The molecule has 0 spiro atoms. The summed E-state index contributed by atoms with van der Waals surface area (Å²) in [5, 5.41) is 7.58. The molecule has 3 nitrogen and oxygen atoms in total. The lowest BCUT2D eigenvalue weighted by molar-refractivity contribution is 1.30. The Labute approximate surface area is 400 Å². The van der Waals surface area contributed by atoms with Crippen LogP contribution in [0.15, 0.2) is 237 Å². The van der Waals surface area contributed by atoms with E-state index >= 15 is 0 Å². The van der Waals surface area contributed by atoms with Crippen molar-refractivity contribution >= 4 is 102 Å². The zero-order chi connectivity index (χ0) is 45.7. The Morgan fingerprint density at radius 2 is 0.406 bits per heavy atom. The first-order chi connectivity index (χ1) is 34.2. The maximum Gasteiger partial charge on any atom is 0.0534 e. The minimum Gasteiger partial charge on any atom is -0.316 e. The molecule has 0 saturated carbocycles. The molecule has 0 fully saturated rings. The number of rotatable bonds is 9. The van der Waals surface area contributed by atoms with Gasteiger partial charge in [-0.2, -0.15) is 0 Å². The number of benzene rings is 10. The average molecular weight is 880 g/mol. The summed E-state index contributed by atoms with van der Waals surface area (Å²) in [6.07, 6.45) is 13.2. The van der Waals surface area contributed by atoms with E-state index in [4.69, 9.17) is 0 Å². The van der Waals surface area contributed by atoms with E-state index in [2.05, 4.69) is 287 Å². The molecule has 13 aromatic rings. The number of aromatic nitrogens is 3. The molecular weight excluding hydrogens is 835 g/mol. The van der Waals surface area contributed by atoms with Gasteiger partial charge in [0.1, 0.15) is 0 Å². The van der Waals surface area contributed by atoms with E-state index in [9.17, 15) is 0 Å². The summed E-state index contributed by atoms with van der Waals surface area (Å²) >= 11 is 0. The van der Waals surface area contributed by atoms with Crippen LogP contribution in [0, 0.1) is 0 Å². The number of fused-ring (bicyclic) bond motifs is 9. The maximum absolute atomic E-state index is 2.33. The summed E-state index contributed by atoms with van der Waals surface area (Å²) in [5.74, 6) is 0. The summed E-state index contributed by atoms with van der Waals surface area (Å²) < 4.78 is 6.89. The molecule has 324 valence electrons. The lowest BCUT2D eigenvalue weighted by atomic mass is 9.92. The van der Waals surface area contributed by atoms with Gasteiger partial charge in [0.2, 0.25) is 0 Å². The van der Waals surface area contributed by atoms with Crippen LogP contribution in [0.4, 0.5) is 0 Å². The van der Waals surface area contributed by atoms with E-state index in [1.165, 1.54) is 98.8 Å². The second kappa shape index (κ2) is 16.9. The Hall–Kier alpha value is -9.18. The molecule has 0 aliphatic rings. The van der Waals surface area contributed by atoms with Crippen molar-refractivity contribution in [2.45, 2.75) is 0 Å². The molecule has 69 heavy (non-hydrogen) atoms. The van der Waals surface area contributed by atoms with Crippen molar-refractivity contribution < 1.29 is 0 Å². The minimum atomic E-state index is 1.14. The van der Waals surface area contributed by atoms with Gasteiger partial charge in [-0.25, -0.2) is 0 Å². The van der Waals surface area contributed by atoms with E-state index < -0.39 is 0 Å². The Bertz CT molecular complexity index is 3550. The molecule has 0 N–H and O–H groups in total. The number of hydrogen-bond donors (Lipinski definition) is 0. The van der Waals surface area contributed by atoms with Gasteiger partial charge in [0.05, 0.1) is 33.1 Å². The van der Waals surface area contributed by atoms with Crippen LogP contribution < -0.4 is 0 Å². The second-order valence-corrected chi connectivity index (χ2v) is 17.8. The van der Waals surface area contributed by atoms with Crippen molar-refractivity contribution in [1.82, 2.24) is 13.7 Å². The van der Waals surface area contributed by atoms with Crippen LogP contribution in [-0.2, 0) is 0 Å². The fourth-order valence-electron chi connectivity index (χ4n) is 10.3. The highest BCUT2D eigenvalue weighted by Gasteiger charge is 2.12. The molecule has 0 bridgehead atoms. The topological polar surface area (TPSA) is 14.8 Å². The van der Waals surface area contributed by atoms with E-state index in [1.54, 1.807) is 0 Å². The third-order valence-electron chi connectivity index (χ3n) is 13.8. The molecule has 0 atom stereocenters. The van der Waals surface area contributed by atoms with Crippen molar-refractivity contribution in [2.24, 2.45) is 0 Å². The predicted molar refractivity (Wildman–Crippen MR) is 297 cm³/mol. The molecule has 3 aromatic heterocycles. The third-order valence-corrected chi connectivity index (χ3v) is 13.8. The van der Waals surface area contributed by atoms with Gasteiger partial charge in [-0.3, -0.25) is 0 Å². The molecule has 10 aromatic carbocycles. The standard InChI is InChI=1S/C66H45N3/c1-7-19-61-55(13-1)56-14-2-8-20-62(56)67(61)40-37-46-25-31-49(32-26-46)52-43-53(50-33-27-47(28-34-50)38-41-68-63-21-9-3-15-57(63)58-16-4-10-22-64(58)68)45-54(44-52)51-35-29-48(30-36-51)39-42-69-65-23-11-5-17-59(65)60-18-6-12-24-66(60)69/h1-45H/b40-37+,41-38+,42-39+. The lowest BCUT2D eigenvalue weighted by Crippen LogP contribution is -1.88. The van der Waals surface area contributed by atoms with E-state index in [0.29, 0.717) is 0 Å². The molecule has 3 heterocycles. The van der Waals surface area contributed by atoms with Crippen LogP contribution in [0.1, 0.15) is 16.7 Å². The van der Waals surface area contributed by atoms with Crippen LogP contribution in [0.5, 0.6) is 0 Å². The van der Waals surface area contributed by atoms with Crippen LogP contribution in [0.3, 0.4) is 0 Å². The fraction of sp³-hybridized carbons (Fsp3) is 0. The average Bonchev–Trinajstić information content (AvgIpc) is 4.04. The number of para-hydroxylation sites is 6. The van der Waals surface area contributed by atoms with Gasteiger partial charge in [0, 0.05) is 50.9 Å². The summed E-state index contributed by atoms with van der Waals surface area (Å²) in [5.41, 5.74) is 17.7. The van der Waals surface area contributed by atoms with Crippen LogP contribution in [0.25, 0.3) is 136 Å². The summed E-state index contributed by atoms with van der Waals surface area (Å²) in [4.78, 5) is 0. The van der Waals surface area contributed by atoms with Crippen molar-refractivity contribution in [3.63, 3.8) is 0 Å². The molecule has 0 aliphatic heterocycles. The zero-order valence-electron chi connectivity index (χ0n) is 37.8. The highest BCUT2D eigenvalue weighted by Crippen LogP contribution is 2.36. The van der Waals surface area contributed by atoms with Gasteiger partial charge in [-0.15, -0.1) is 0 Å². The number of nitrogens with zero attached hydrogens (tertiary/aromatic N) is 3. The second-order valence-electron chi connectivity index (χ2n) is 17.8. The highest BCUT2D eigenvalue weighted by atomic mass is 15.0. The van der Waals surface area contributed by atoms with Gasteiger partial charge in [-0.05, 0) is 123 Å². The summed E-state index contributed by atoms with van der Waals surface area (Å²) in [6, 6.07) is 85.6. The van der Waals surface area contributed by atoms with E-state index in [0.717, 1.165) is 16.7 Å². The van der Waals surface area contributed by atoms with Crippen molar-refractivity contribution in [3.8, 4) is 33.4 Å². The smallest absolute Gasteiger partial charge is 0.0534 e. The maximum atomic E-state index is 2.33. The van der Waals surface area contributed by atoms with E-state index in [1.807, 2.05) is 0 Å². The molecule has 0 saturated heterocycles. The monoisotopic (exact) mass is 879 g/mol. The summed E-state index contributed by atoms with van der Waals surface area (Å²) in [6.45, 7) is 0. The van der Waals surface area contributed by atoms with Gasteiger partial charge in [-0.1, -0.05) is 182 Å². The lowest BCUT2D eigenvalue weighted by Gasteiger charge is -2.12. The first kappa shape index (κ1) is 40.1. The van der Waals surface area contributed by atoms with Gasteiger partial charge in [0.25, 0.3) is 0 Å². The zero-order valence-corrected chi connectivity index (χ0v) is 37.8. The molecule has 0 aliphatic carbocycles. The molecule has 0 radical (unpaired) electrons. The Balaban J connectivity index is 0.838. The fourth-order valence-corrected chi connectivity index (χ4v) is 10.3. The molecule has 13 rings (SSSR count). The molecule has 3 heteroatoms. The van der Waals surface area contributed by atoms with Gasteiger partial charge >= 0.3 is 0 Å². The van der Waals surface area contributed by atoms with Crippen LogP contribution in [0.2, 0.25) is 0 Å². The Morgan fingerprint density at radius 1 is 0.203 bits per heavy atom. The van der Waals surface area contributed by atoms with Crippen molar-refractivity contribution in [1.29, 1.82) is 0 Å². The minimum absolute atomic E-state index is 1.14. The number of hydrogen-bond acceptors (Lipinski definition) is 0. The van der Waals surface area contributed by atoms with E-state index in [-0.39, 0.29) is 0 Å². The van der Waals surface area contributed by atoms with Crippen molar-refractivity contribution in [2.75, 3.05) is 0 Å². The van der Waals surface area contributed by atoms with Crippen LogP contribution >= 0.6 is 0 Å². The Kier molecular flexibility index (Phi) is 9.84. The normalized spacial score (nSPS) is 12.2. The molecular formula is C66H45N3. The first-order valence-corrected chi connectivity index (χ1v) is 23.6. The predicted octanol–water partition coefficient (Wildman–Crippen LogP) is 17.9. The van der Waals surface area contributed by atoms with Gasteiger partial charge in [0.15, 0.2) is 0 Å². The molecule has 0 amide bonds. The largest absolute Gasteiger partial charge is 0.316 e. The SMILES string of the molecule is C(=C\n1c2ccccc2c2ccccc21)/c1ccc(-c2cc(-c3ccc(/C=C/n4c5ccccc5c5ccccc54)cc3)cc(-c3ccc(/C=C/n4c5ccccc5c5ccccc54)cc3)c2)cc1. The summed E-state index contributed by atoms with van der Waals surface area (Å²) in [7, 11) is 0. The van der Waals surface area contributed by atoms with Crippen molar-refractivity contribution in [3.05, 3.63) is 253 Å².